The van der Waals surface area contributed by atoms with Gasteiger partial charge in [-0.15, -0.1) is 0 Å². The summed E-state index contributed by atoms with van der Waals surface area (Å²) in [6.45, 7) is 9.06. The highest BCUT2D eigenvalue weighted by Gasteiger charge is 2.19. The summed E-state index contributed by atoms with van der Waals surface area (Å²) in [5, 5.41) is 3.92. The van der Waals surface area contributed by atoms with Gasteiger partial charge >= 0.3 is 0 Å². The van der Waals surface area contributed by atoms with Crippen molar-refractivity contribution >= 4 is 16.9 Å². The minimum atomic E-state index is -0.169. The lowest BCUT2D eigenvalue weighted by atomic mass is 10.0. The third-order valence-electron chi connectivity index (χ3n) is 3.70. The SMILES string of the molecule is Cc1ccc(C)c2c(C)c(C(=O)NCC(C)CN)oc12. The number of nitrogens with one attached hydrogen (secondary N) is 1. The van der Waals surface area contributed by atoms with Crippen molar-refractivity contribution in [1.82, 2.24) is 5.32 Å². The first-order chi connectivity index (χ1) is 9.45. The Labute approximate surface area is 119 Å². The van der Waals surface area contributed by atoms with Crippen molar-refractivity contribution in [2.24, 2.45) is 11.7 Å². The van der Waals surface area contributed by atoms with E-state index in [4.69, 9.17) is 10.2 Å². The van der Waals surface area contributed by atoms with Crippen LogP contribution in [-0.4, -0.2) is 19.0 Å². The quantitative estimate of drug-likeness (QED) is 0.900. The lowest BCUT2D eigenvalue weighted by Crippen LogP contribution is -2.31. The first-order valence-corrected chi connectivity index (χ1v) is 6.93. The molecule has 1 aromatic heterocycles. The van der Waals surface area contributed by atoms with Crippen molar-refractivity contribution in [3.63, 3.8) is 0 Å². The molecule has 3 N–H and O–H groups in total. The van der Waals surface area contributed by atoms with E-state index in [1.165, 1.54) is 0 Å². The summed E-state index contributed by atoms with van der Waals surface area (Å²) in [5.74, 6) is 0.492. The Balaban J connectivity index is 2.36. The van der Waals surface area contributed by atoms with E-state index in [9.17, 15) is 4.79 Å². The number of fused-ring (bicyclic) bond motifs is 1. The molecule has 0 bridgehead atoms. The van der Waals surface area contributed by atoms with Crippen molar-refractivity contribution in [2.45, 2.75) is 27.7 Å². The van der Waals surface area contributed by atoms with Crippen molar-refractivity contribution in [1.29, 1.82) is 0 Å². The maximum absolute atomic E-state index is 12.2. The number of furan rings is 1. The Morgan fingerprint density at radius 3 is 2.55 bits per heavy atom. The van der Waals surface area contributed by atoms with E-state index < -0.39 is 0 Å². The van der Waals surface area contributed by atoms with Crippen LogP contribution in [0.3, 0.4) is 0 Å². The molecule has 1 amide bonds. The predicted molar refractivity (Wildman–Crippen MR) is 81.0 cm³/mol. The van der Waals surface area contributed by atoms with Gasteiger partial charge in [-0.3, -0.25) is 4.79 Å². The molecule has 1 aromatic carbocycles. The largest absolute Gasteiger partial charge is 0.450 e. The van der Waals surface area contributed by atoms with Gasteiger partial charge in [-0.05, 0) is 44.4 Å². The highest BCUT2D eigenvalue weighted by Crippen LogP contribution is 2.30. The molecule has 0 aliphatic heterocycles. The second-order valence-corrected chi connectivity index (χ2v) is 5.51. The zero-order valence-corrected chi connectivity index (χ0v) is 12.5. The van der Waals surface area contributed by atoms with Crippen molar-refractivity contribution < 1.29 is 9.21 Å². The van der Waals surface area contributed by atoms with Crippen LogP contribution in [0.5, 0.6) is 0 Å². The smallest absolute Gasteiger partial charge is 0.287 e. The molecule has 2 rings (SSSR count). The molecule has 4 nitrogen and oxygen atoms in total. The van der Waals surface area contributed by atoms with Gasteiger partial charge in [0, 0.05) is 17.5 Å². The monoisotopic (exact) mass is 274 g/mol. The third-order valence-corrected chi connectivity index (χ3v) is 3.70. The fourth-order valence-electron chi connectivity index (χ4n) is 2.32. The molecule has 0 saturated carbocycles. The van der Waals surface area contributed by atoms with Crippen molar-refractivity contribution in [3.05, 3.63) is 34.6 Å². The van der Waals surface area contributed by atoms with Gasteiger partial charge in [-0.2, -0.15) is 0 Å². The van der Waals surface area contributed by atoms with E-state index in [-0.39, 0.29) is 11.8 Å². The lowest BCUT2D eigenvalue weighted by molar-refractivity contribution is 0.0922. The van der Waals surface area contributed by atoms with Gasteiger partial charge < -0.3 is 15.5 Å². The highest BCUT2D eigenvalue weighted by atomic mass is 16.3. The molecule has 108 valence electrons. The molecule has 0 aliphatic carbocycles. The standard InChI is InChI=1S/C16H22N2O2/c1-9(7-17)8-18-16(19)15-12(4)13-10(2)5-6-11(3)14(13)20-15/h5-6,9H,7-8,17H2,1-4H3,(H,18,19). The van der Waals surface area contributed by atoms with E-state index in [1.54, 1.807) is 0 Å². The molecular weight excluding hydrogens is 252 g/mol. The van der Waals surface area contributed by atoms with Crippen LogP contribution in [0.4, 0.5) is 0 Å². The minimum absolute atomic E-state index is 0.169. The van der Waals surface area contributed by atoms with Crippen LogP contribution in [0, 0.1) is 26.7 Å². The summed E-state index contributed by atoms with van der Waals surface area (Å²) in [6.07, 6.45) is 0. The summed E-state index contributed by atoms with van der Waals surface area (Å²) < 4.78 is 5.79. The molecule has 0 saturated heterocycles. The second kappa shape index (κ2) is 5.67. The first kappa shape index (κ1) is 14.6. The summed E-state index contributed by atoms with van der Waals surface area (Å²) in [7, 11) is 0. The Morgan fingerprint density at radius 1 is 1.30 bits per heavy atom. The van der Waals surface area contributed by atoms with Crippen LogP contribution in [-0.2, 0) is 0 Å². The number of carbonyl (C=O) groups is 1. The average molecular weight is 274 g/mol. The summed E-state index contributed by atoms with van der Waals surface area (Å²) in [4.78, 5) is 12.2. The van der Waals surface area contributed by atoms with E-state index in [0.29, 0.717) is 18.8 Å². The topological polar surface area (TPSA) is 68.3 Å². The highest BCUT2D eigenvalue weighted by molar-refractivity contribution is 6.00. The molecule has 1 unspecified atom stereocenters. The lowest BCUT2D eigenvalue weighted by Gasteiger charge is -2.09. The van der Waals surface area contributed by atoms with Gasteiger partial charge in [0.05, 0.1) is 0 Å². The maximum atomic E-state index is 12.2. The van der Waals surface area contributed by atoms with Gasteiger partial charge in [-0.25, -0.2) is 0 Å². The van der Waals surface area contributed by atoms with Gasteiger partial charge in [0.25, 0.3) is 5.91 Å². The molecule has 0 radical (unpaired) electrons. The Bertz CT molecular complexity index is 643. The molecule has 0 fully saturated rings. The number of carbonyl (C=O) groups excluding carboxylic acids is 1. The molecule has 1 atom stereocenters. The number of hydrogen-bond donors (Lipinski definition) is 2. The third kappa shape index (κ3) is 2.56. The molecule has 2 aromatic rings. The Hall–Kier alpha value is -1.81. The fraction of sp³-hybridized carbons (Fsp3) is 0.438. The van der Waals surface area contributed by atoms with E-state index in [2.05, 4.69) is 11.4 Å². The zero-order valence-electron chi connectivity index (χ0n) is 12.5. The van der Waals surface area contributed by atoms with Gasteiger partial charge in [0.2, 0.25) is 0 Å². The minimum Gasteiger partial charge on any atom is -0.450 e. The number of nitrogens with two attached hydrogens (primary N) is 1. The normalized spacial score (nSPS) is 12.7. The molecule has 20 heavy (non-hydrogen) atoms. The summed E-state index contributed by atoms with van der Waals surface area (Å²) >= 11 is 0. The van der Waals surface area contributed by atoms with Crippen molar-refractivity contribution in [3.8, 4) is 0 Å². The number of amides is 1. The van der Waals surface area contributed by atoms with Crippen LogP contribution in [0.2, 0.25) is 0 Å². The Morgan fingerprint density at radius 2 is 1.95 bits per heavy atom. The number of aryl methyl sites for hydroxylation is 3. The maximum Gasteiger partial charge on any atom is 0.287 e. The van der Waals surface area contributed by atoms with Crippen LogP contribution >= 0.6 is 0 Å². The molecule has 1 heterocycles. The van der Waals surface area contributed by atoms with Crippen molar-refractivity contribution in [2.75, 3.05) is 13.1 Å². The fourth-order valence-corrected chi connectivity index (χ4v) is 2.32. The number of rotatable bonds is 4. The van der Waals surface area contributed by atoms with Gasteiger partial charge in [0.1, 0.15) is 5.58 Å². The van der Waals surface area contributed by atoms with Crippen LogP contribution < -0.4 is 11.1 Å². The van der Waals surface area contributed by atoms with E-state index in [1.807, 2.05) is 33.8 Å². The van der Waals surface area contributed by atoms with Gasteiger partial charge in [0.15, 0.2) is 5.76 Å². The van der Waals surface area contributed by atoms with Crippen LogP contribution in [0.25, 0.3) is 11.0 Å². The number of benzene rings is 1. The Kier molecular flexibility index (Phi) is 4.14. The first-order valence-electron chi connectivity index (χ1n) is 6.93. The second-order valence-electron chi connectivity index (χ2n) is 5.51. The molecule has 4 heteroatoms. The van der Waals surface area contributed by atoms with Gasteiger partial charge in [-0.1, -0.05) is 19.1 Å². The molecular formula is C16H22N2O2. The zero-order chi connectivity index (χ0) is 14.9. The molecule has 0 aliphatic rings. The summed E-state index contributed by atoms with van der Waals surface area (Å²) in [6, 6.07) is 4.07. The predicted octanol–water partition coefficient (Wildman–Crippen LogP) is 2.68. The van der Waals surface area contributed by atoms with Crippen LogP contribution in [0.1, 0.15) is 34.2 Å². The molecule has 0 spiro atoms. The average Bonchev–Trinajstić information content (AvgIpc) is 2.79. The van der Waals surface area contributed by atoms with Crippen LogP contribution in [0.15, 0.2) is 16.5 Å². The van der Waals surface area contributed by atoms with E-state index in [0.717, 1.165) is 27.7 Å². The summed E-state index contributed by atoms with van der Waals surface area (Å²) in [5.41, 5.74) is 9.43. The number of hydrogen-bond acceptors (Lipinski definition) is 3. The van der Waals surface area contributed by atoms with E-state index >= 15 is 0 Å².